The summed E-state index contributed by atoms with van der Waals surface area (Å²) in [5.41, 5.74) is 0.0385. The van der Waals surface area contributed by atoms with E-state index in [0.717, 1.165) is 25.7 Å². The van der Waals surface area contributed by atoms with E-state index in [1.165, 1.54) is 10.6 Å². The number of H-pyrrole nitrogens is 1. The van der Waals surface area contributed by atoms with Crippen molar-refractivity contribution in [1.82, 2.24) is 19.8 Å². The lowest BCUT2D eigenvalue weighted by Gasteiger charge is -2.30. The van der Waals surface area contributed by atoms with Crippen molar-refractivity contribution in [3.8, 4) is 5.88 Å². The monoisotopic (exact) mass is 458 g/mol. The predicted octanol–water partition coefficient (Wildman–Crippen LogP) is 0.820. The number of hydrogen-bond donors (Lipinski definition) is 3. The van der Waals surface area contributed by atoms with Crippen LogP contribution in [0.1, 0.15) is 55.5 Å². The molecule has 0 unspecified atom stereocenters. The summed E-state index contributed by atoms with van der Waals surface area (Å²) in [4.78, 5) is 40.2. The summed E-state index contributed by atoms with van der Waals surface area (Å²) in [5.74, 6) is -0.961. The zero-order valence-corrected chi connectivity index (χ0v) is 19.3. The molecule has 2 aromatic heterocycles. The Morgan fingerprint density at radius 2 is 2.03 bits per heavy atom. The zero-order valence-electron chi connectivity index (χ0n) is 19.3. The van der Waals surface area contributed by atoms with Crippen molar-refractivity contribution in [2.24, 2.45) is 5.92 Å². The Kier molecular flexibility index (Phi) is 6.55. The van der Waals surface area contributed by atoms with E-state index in [-0.39, 0.29) is 35.4 Å². The molecule has 3 heterocycles. The van der Waals surface area contributed by atoms with Crippen LogP contribution < -0.4 is 15.4 Å². The summed E-state index contributed by atoms with van der Waals surface area (Å²) in [6.45, 7) is 5.62. The number of hydrogen-bond acceptors (Lipinski definition) is 5. The lowest BCUT2D eigenvalue weighted by Crippen LogP contribution is -2.46. The van der Waals surface area contributed by atoms with Gasteiger partial charge in [-0.15, -0.1) is 0 Å². The van der Waals surface area contributed by atoms with Gasteiger partial charge in [0.15, 0.2) is 0 Å². The van der Waals surface area contributed by atoms with Crippen LogP contribution in [0.5, 0.6) is 5.88 Å². The highest BCUT2D eigenvalue weighted by atomic mass is 16.5. The third-order valence-electron chi connectivity index (χ3n) is 6.15. The average Bonchev–Trinajstić information content (AvgIpc) is 3.50. The van der Waals surface area contributed by atoms with E-state index in [1.807, 2.05) is 13.8 Å². The van der Waals surface area contributed by atoms with Gasteiger partial charge in [-0.2, -0.15) is 4.57 Å². The molecule has 1 aliphatic heterocycles. The smallest absolute Gasteiger partial charge is 0.378 e. The Balaban J connectivity index is 1.70. The second kappa shape index (κ2) is 9.38. The van der Waals surface area contributed by atoms with E-state index in [9.17, 15) is 19.5 Å². The summed E-state index contributed by atoms with van der Waals surface area (Å²) in [6, 6.07) is 0.181. The topological polar surface area (TPSA) is 120 Å². The molecule has 1 saturated heterocycles. The maximum atomic E-state index is 13.1. The fourth-order valence-electron chi connectivity index (χ4n) is 4.14. The standard InChI is InChI=1S/C23H31N5O5/c1-14(2)13-27-21-15(4-7-18(29)26(3)17-8-10-33-11-9-17)12-24-28(21)23(32)19(22(27)31)20(30)25-16-5-6-16/h4,7,12,14,16-17H,5-6,8-11,13H2,1-3H3,(H2,25,30,31,32)/p+1/b7-4+. The molecule has 0 spiro atoms. The first kappa shape index (κ1) is 23.0. The number of rotatable bonds is 7. The van der Waals surface area contributed by atoms with Crippen molar-refractivity contribution in [3.05, 3.63) is 33.8 Å². The van der Waals surface area contributed by atoms with Crippen LogP contribution in [-0.2, 0) is 16.1 Å². The first-order valence-electron chi connectivity index (χ1n) is 11.5. The van der Waals surface area contributed by atoms with Gasteiger partial charge in [-0.1, -0.05) is 18.4 Å². The zero-order chi connectivity index (χ0) is 23.7. The van der Waals surface area contributed by atoms with E-state index in [1.54, 1.807) is 28.8 Å². The van der Waals surface area contributed by atoms with Crippen molar-refractivity contribution in [1.29, 1.82) is 0 Å². The molecule has 2 aliphatic rings. The number of nitrogens with zero attached hydrogens (tertiary/aromatic N) is 3. The molecule has 1 saturated carbocycles. The summed E-state index contributed by atoms with van der Waals surface area (Å²) in [5, 5.41) is 16.6. The van der Waals surface area contributed by atoms with Gasteiger partial charge in [-0.25, -0.2) is 9.89 Å². The quantitative estimate of drug-likeness (QED) is 0.419. The van der Waals surface area contributed by atoms with Gasteiger partial charge in [-0.05, 0) is 37.7 Å². The van der Waals surface area contributed by atoms with Crippen LogP contribution in [0.3, 0.4) is 0 Å². The third kappa shape index (κ3) is 4.80. The van der Waals surface area contributed by atoms with Crippen molar-refractivity contribution in [3.63, 3.8) is 0 Å². The molecule has 0 bridgehead atoms. The number of nitrogens with one attached hydrogen (secondary N) is 2. The molecular weight excluding hydrogens is 426 g/mol. The third-order valence-corrected chi connectivity index (χ3v) is 6.15. The fourth-order valence-corrected chi connectivity index (χ4v) is 4.14. The molecule has 4 rings (SSSR count). The van der Waals surface area contributed by atoms with Crippen molar-refractivity contribution in [2.45, 2.75) is 58.2 Å². The predicted molar refractivity (Wildman–Crippen MR) is 121 cm³/mol. The summed E-state index contributed by atoms with van der Waals surface area (Å²) in [6.07, 6.45) is 8.02. The highest BCUT2D eigenvalue weighted by Gasteiger charge is 2.34. The largest absolute Gasteiger partial charge is 0.477 e. The van der Waals surface area contributed by atoms with Crippen LogP contribution in [0.2, 0.25) is 0 Å². The SMILES string of the molecule is CC(C)C[n+]1c(O)c(C(=O)NC2CC2)c(=O)n2[nH]cc(/C=C/C(=O)N(C)C3CCOCC3)c21. The Morgan fingerprint density at radius 3 is 2.67 bits per heavy atom. The number of carbonyl (C=O) groups is 2. The van der Waals surface area contributed by atoms with Crippen LogP contribution in [-0.4, -0.2) is 63.8 Å². The van der Waals surface area contributed by atoms with Crippen LogP contribution in [0, 0.1) is 5.92 Å². The van der Waals surface area contributed by atoms with Crippen molar-refractivity contribution in [2.75, 3.05) is 20.3 Å². The normalized spacial score (nSPS) is 17.2. The molecule has 3 N–H and O–H groups in total. The van der Waals surface area contributed by atoms with Crippen LogP contribution >= 0.6 is 0 Å². The maximum Gasteiger partial charge on any atom is 0.378 e. The first-order chi connectivity index (χ1) is 15.8. The molecule has 0 radical (unpaired) electrons. The molecule has 10 heteroatoms. The minimum absolute atomic E-state index is 0.0522. The van der Waals surface area contributed by atoms with Crippen LogP contribution in [0.4, 0.5) is 0 Å². The highest BCUT2D eigenvalue weighted by Crippen LogP contribution is 2.21. The van der Waals surface area contributed by atoms with Gasteiger partial charge < -0.3 is 20.1 Å². The number of aromatic nitrogens is 3. The molecule has 33 heavy (non-hydrogen) atoms. The number of carbonyl (C=O) groups excluding carboxylic acids is 2. The molecule has 2 fully saturated rings. The van der Waals surface area contributed by atoms with Gasteiger partial charge in [0.1, 0.15) is 0 Å². The van der Waals surface area contributed by atoms with E-state index >= 15 is 0 Å². The summed E-state index contributed by atoms with van der Waals surface area (Å²) >= 11 is 0. The van der Waals surface area contributed by atoms with Gasteiger partial charge in [0.2, 0.25) is 11.5 Å². The second-order valence-corrected chi connectivity index (χ2v) is 9.27. The van der Waals surface area contributed by atoms with Crippen molar-refractivity contribution < 1.29 is 24.0 Å². The molecular formula is C23H32N5O5+. The van der Waals surface area contributed by atoms with Crippen LogP contribution in [0.25, 0.3) is 11.7 Å². The van der Waals surface area contributed by atoms with Gasteiger partial charge >= 0.3 is 17.1 Å². The number of aromatic amines is 1. The summed E-state index contributed by atoms with van der Waals surface area (Å²) in [7, 11) is 1.78. The lowest BCUT2D eigenvalue weighted by molar-refractivity contribution is -0.686. The Morgan fingerprint density at radius 1 is 1.33 bits per heavy atom. The molecule has 178 valence electrons. The number of ether oxygens (including phenoxy) is 1. The molecule has 0 atom stereocenters. The van der Waals surface area contributed by atoms with Gasteiger partial charge in [-0.3, -0.25) is 9.59 Å². The maximum absolute atomic E-state index is 13.1. The Labute approximate surface area is 191 Å². The lowest BCUT2D eigenvalue weighted by atomic mass is 10.1. The summed E-state index contributed by atoms with van der Waals surface area (Å²) < 4.78 is 8.17. The van der Waals surface area contributed by atoms with Gasteiger partial charge in [0.25, 0.3) is 5.91 Å². The number of likely N-dealkylation sites (N-methyl/N-ethyl adjacent to an activating group) is 1. The second-order valence-electron chi connectivity index (χ2n) is 9.27. The fraction of sp³-hybridized carbons (Fsp3) is 0.565. The number of aromatic hydroxyl groups is 1. The van der Waals surface area contributed by atoms with Gasteiger partial charge in [0, 0.05) is 38.4 Å². The van der Waals surface area contributed by atoms with Crippen LogP contribution in [0.15, 0.2) is 17.1 Å². The average molecular weight is 459 g/mol. The molecule has 0 aromatic carbocycles. The van der Waals surface area contributed by atoms with E-state index in [4.69, 9.17) is 4.74 Å². The first-order valence-corrected chi connectivity index (χ1v) is 11.5. The molecule has 10 nitrogen and oxygen atoms in total. The van der Waals surface area contributed by atoms with Crippen molar-refractivity contribution >= 4 is 23.5 Å². The van der Waals surface area contributed by atoms with E-state index in [2.05, 4.69) is 10.4 Å². The van der Waals surface area contributed by atoms with Gasteiger partial charge in [0.05, 0.1) is 18.3 Å². The Hall–Kier alpha value is -3.14. The number of amides is 2. The minimum Gasteiger partial charge on any atom is -0.477 e. The minimum atomic E-state index is -0.633. The van der Waals surface area contributed by atoms with E-state index < -0.39 is 11.5 Å². The number of fused-ring (bicyclic) bond motifs is 1. The Bertz CT molecular complexity index is 1140. The highest BCUT2D eigenvalue weighted by molar-refractivity contribution is 5.96. The molecule has 2 aromatic rings. The molecule has 2 amide bonds. The van der Waals surface area contributed by atoms with E-state index in [0.29, 0.717) is 31.0 Å². The molecule has 1 aliphatic carbocycles.